The average Bonchev–Trinajstić information content (AvgIpc) is 3.56. The number of amides is 1. The molecule has 2 heterocycles. The van der Waals surface area contributed by atoms with E-state index in [0.29, 0.717) is 16.8 Å². The van der Waals surface area contributed by atoms with Crippen LogP contribution in [0.4, 0.5) is 0 Å². The number of ether oxygens (including phenoxy) is 1. The number of halogens is 1. The summed E-state index contributed by atoms with van der Waals surface area (Å²) in [5.41, 5.74) is 2.70. The second-order valence-corrected chi connectivity index (χ2v) is 9.68. The van der Waals surface area contributed by atoms with E-state index >= 15 is 0 Å². The molecule has 2 aliphatic rings. The first-order chi connectivity index (χ1) is 16.8. The molecule has 5 rings (SSSR count). The molecular formula is C26H26ClN3O5. The highest BCUT2D eigenvalue weighted by atomic mass is 35.5. The van der Waals surface area contributed by atoms with Gasteiger partial charge in [-0.05, 0) is 48.9 Å². The summed E-state index contributed by atoms with van der Waals surface area (Å²) in [7, 11) is 0. The molecule has 182 valence electrons. The Balaban J connectivity index is 1.69. The maximum Gasteiger partial charge on any atom is 0.306 e. The molecule has 1 N–H and O–H groups in total. The highest BCUT2D eigenvalue weighted by Gasteiger charge is 2.52. The molecule has 1 aliphatic heterocycles. The molecule has 1 saturated heterocycles. The Hall–Kier alpha value is -3.23. The van der Waals surface area contributed by atoms with E-state index in [1.54, 1.807) is 24.0 Å². The molecule has 0 spiro atoms. The Morgan fingerprint density at radius 3 is 2.49 bits per heavy atom. The van der Waals surface area contributed by atoms with Crippen LogP contribution in [0.25, 0.3) is 0 Å². The zero-order valence-corrected chi connectivity index (χ0v) is 20.2. The predicted molar refractivity (Wildman–Crippen MR) is 127 cm³/mol. The van der Waals surface area contributed by atoms with E-state index in [1.165, 1.54) is 0 Å². The number of carboxylic acids is 1. The van der Waals surface area contributed by atoms with Crippen molar-refractivity contribution in [3.63, 3.8) is 0 Å². The van der Waals surface area contributed by atoms with Crippen molar-refractivity contribution < 1.29 is 23.8 Å². The van der Waals surface area contributed by atoms with E-state index in [1.807, 2.05) is 43.3 Å². The molecule has 0 bridgehead atoms. The molecule has 2 aromatic carbocycles. The standard InChI is InChI=1S/C26H26ClN3O5/c1-14-6-8-16(9-7-14)22-24(18-4-3-5-19(27)12-18)35-20(13-21(31)32)26(33)30(22)23(17-10-11-17)25-29-28-15(2)34-25/h3-9,12,17,20,22-24H,10-11,13H2,1-2H3,(H,31,32)/t20-,22+,23-,24-/m1/s1. The zero-order chi connectivity index (χ0) is 24.7. The fraction of sp³-hybridized carbons (Fsp3) is 0.385. The van der Waals surface area contributed by atoms with E-state index in [0.717, 1.165) is 29.5 Å². The molecule has 2 fully saturated rings. The van der Waals surface area contributed by atoms with Gasteiger partial charge in [-0.1, -0.05) is 53.6 Å². The van der Waals surface area contributed by atoms with E-state index in [9.17, 15) is 14.7 Å². The highest BCUT2D eigenvalue weighted by Crippen LogP contribution is 2.52. The average molecular weight is 496 g/mol. The lowest BCUT2D eigenvalue weighted by molar-refractivity contribution is -0.185. The molecule has 35 heavy (non-hydrogen) atoms. The second-order valence-electron chi connectivity index (χ2n) is 9.24. The Morgan fingerprint density at radius 1 is 1.14 bits per heavy atom. The van der Waals surface area contributed by atoms with Gasteiger partial charge in [0.05, 0.1) is 12.5 Å². The number of aryl methyl sites for hydroxylation is 2. The summed E-state index contributed by atoms with van der Waals surface area (Å²) in [6.07, 6.45) is -0.453. The molecule has 3 aromatic rings. The molecule has 1 amide bonds. The van der Waals surface area contributed by atoms with Crippen molar-refractivity contribution >= 4 is 23.5 Å². The van der Waals surface area contributed by atoms with Crippen LogP contribution in [0.15, 0.2) is 52.9 Å². The van der Waals surface area contributed by atoms with Crippen molar-refractivity contribution in [1.82, 2.24) is 15.1 Å². The first kappa shape index (κ1) is 23.5. The Labute approximate surface area is 207 Å². The number of hydrogen-bond donors (Lipinski definition) is 1. The second kappa shape index (κ2) is 9.43. The normalized spacial score (nSPS) is 23.3. The molecule has 9 heteroatoms. The van der Waals surface area contributed by atoms with Crippen molar-refractivity contribution in [3.05, 3.63) is 82.0 Å². The summed E-state index contributed by atoms with van der Waals surface area (Å²) in [6, 6.07) is 14.1. The quantitative estimate of drug-likeness (QED) is 0.493. The minimum Gasteiger partial charge on any atom is -0.481 e. The van der Waals surface area contributed by atoms with Crippen LogP contribution in [0.5, 0.6) is 0 Å². The number of aliphatic carboxylic acids is 1. The fourth-order valence-corrected chi connectivity index (χ4v) is 5.00. The molecule has 8 nitrogen and oxygen atoms in total. The lowest BCUT2D eigenvalue weighted by Crippen LogP contribution is -2.53. The molecule has 0 unspecified atom stereocenters. The molecular weight excluding hydrogens is 470 g/mol. The van der Waals surface area contributed by atoms with Crippen LogP contribution in [0.2, 0.25) is 5.02 Å². The number of hydrogen-bond acceptors (Lipinski definition) is 6. The minimum absolute atomic E-state index is 0.135. The molecule has 1 aliphatic carbocycles. The van der Waals surface area contributed by atoms with Gasteiger partial charge in [-0.3, -0.25) is 9.59 Å². The van der Waals surface area contributed by atoms with Gasteiger partial charge in [-0.25, -0.2) is 0 Å². The number of rotatable bonds is 7. The summed E-state index contributed by atoms with van der Waals surface area (Å²) >= 11 is 6.32. The molecule has 0 radical (unpaired) electrons. The Morgan fingerprint density at radius 2 is 1.89 bits per heavy atom. The number of carbonyl (C=O) groups is 2. The minimum atomic E-state index is -1.16. The lowest BCUT2D eigenvalue weighted by Gasteiger charge is -2.47. The van der Waals surface area contributed by atoms with Crippen molar-refractivity contribution in [3.8, 4) is 0 Å². The van der Waals surface area contributed by atoms with Crippen molar-refractivity contribution in [2.45, 2.75) is 57.4 Å². The van der Waals surface area contributed by atoms with Crippen molar-refractivity contribution in [2.75, 3.05) is 0 Å². The van der Waals surface area contributed by atoms with Crippen LogP contribution in [0.3, 0.4) is 0 Å². The maximum atomic E-state index is 13.9. The van der Waals surface area contributed by atoms with Crippen molar-refractivity contribution in [2.24, 2.45) is 5.92 Å². The summed E-state index contributed by atoms with van der Waals surface area (Å²) < 4.78 is 12.1. The van der Waals surface area contributed by atoms with Crippen LogP contribution in [0.1, 0.15) is 65.9 Å². The number of nitrogens with zero attached hydrogens (tertiary/aromatic N) is 3. The van der Waals surface area contributed by atoms with Gasteiger partial charge >= 0.3 is 5.97 Å². The number of morpholine rings is 1. The van der Waals surface area contributed by atoms with Gasteiger partial charge in [-0.15, -0.1) is 10.2 Å². The summed E-state index contributed by atoms with van der Waals surface area (Å²) in [4.78, 5) is 27.3. The number of aromatic nitrogens is 2. The summed E-state index contributed by atoms with van der Waals surface area (Å²) in [5.74, 6) is -0.610. The van der Waals surface area contributed by atoms with Gasteiger partial charge in [-0.2, -0.15) is 0 Å². The van der Waals surface area contributed by atoms with Gasteiger partial charge in [0, 0.05) is 11.9 Å². The smallest absolute Gasteiger partial charge is 0.306 e. The molecule has 1 aromatic heterocycles. The third-order valence-electron chi connectivity index (χ3n) is 6.55. The predicted octanol–water partition coefficient (Wildman–Crippen LogP) is 4.98. The van der Waals surface area contributed by atoms with Gasteiger partial charge in [0.25, 0.3) is 5.91 Å². The van der Waals surface area contributed by atoms with Crippen LogP contribution < -0.4 is 0 Å². The van der Waals surface area contributed by atoms with Crippen LogP contribution >= 0.6 is 11.6 Å². The van der Waals surface area contributed by atoms with Gasteiger partial charge in [0.1, 0.15) is 18.2 Å². The van der Waals surface area contributed by atoms with Crippen LogP contribution in [-0.2, 0) is 14.3 Å². The molecule has 4 atom stereocenters. The Kier molecular flexibility index (Phi) is 6.34. The highest BCUT2D eigenvalue weighted by molar-refractivity contribution is 6.30. The topological polar surface area (TPSA) is 106 Å². The maximum absolute atomic E-state index is 13.9. The van der Waals surface area contributed by atoms with Gasteiger partial charge in [0.2, 0.25) is 11.8 Å². The fourth-order valence-electron chi connectivity index (χ4n) is 4.80. The molecule has 1 saturated carbocycles. The summed E-state index contributed by atoms with van der Waals surface area (Å²) in [5, 5.41) is 18.4. The van der Waals surface area contributed by atoms with Gasteiger partial charge in [0.15, 0.2) is 0 Å². The largest absolute Gasteiger partial charge is 0.481 e. The summed E-state index contributed by atoms with van der Waals surface area (Å²) in [6.45, 7) is 3.71. The third-order valence-corrected chi connectivity index (χ3v) is 6.78. The monoisotopic (exact) mass is 495 g/mol. The van der Waals surface area contributed by atoms with E-state index < -0.39 is 42.6 Å². The first-order valence-electron chi connectivity index (χ1n) is 11.6. The first-order valence-corrected chi connectivity index (χ1v) is 12.0. The third kappa shape index (κ3) is 4.81. The number of carbonyl (C=O) groups excluding carboxylic acids is 1. The number of carboxylic acid groups (broad SMARTS) is 1. The van der Waals surface area contributed by atoms with Crippen LogP contribution in [-0.4, -0.2) is 38.2 Å². The number of benzene rings is 2. The van der Waals surface area contributed by atoms with Crippen molar-refractivity contribution in [1.29, 1.82) is 0 Å². The zero-order valence-electron chi connectivity index (χ0n) is 19.4. The van der Waals surface area contributed by atoms with Gasteiger partial charge < -0.3 is 19.2 Å². The SMILES string of the molecule is Cc1ccc([C@H]2[C@@H](c3cccc(Cl)c3)O[C@H](CC(=O)O)C(=O)N2[C@@H](c2nnc(C)o2)C2CC2)cc1. The van der Waals surface area contributed by atoms with E-state index in [4.69, 9.17) is 20.8 Å². The van der Waals surface area contributed by atoms with E-state index in [2.05, 4.69) is 10.2 Å². The van der Waals surface area contributed by atoms with Crippen LogP contribution in [0, 0.1) is 19.8 Å². The lowest BCUT2D eigenvalue weighted by atomic mass is 9.88. The Bertz CT molecular complexity index is 1240. The van der Waals surface area contributed by atoms with E-state index in [-0.39, 0.29) is 5.92 Å².